The lowest BCUT2D eigenvalue weighted by Crippen LogP contribution is -2.33. The van der Waals surface area contributed by atoms with E-state index in [9.17, 15) is 9.90 Å². The average molecular weight is 272 g/mol. The van der Waals surface area contributed by atoms with E-state index in [0.717, 1.165) is 23.6 Å². The van der Waals surface area contributed by atoms with Gasteiger partial charge >= 0.3 is 5.97 Å². The van der Waals surface area contributed by atoms with Crippen LogP contribution in [0.4, 0.5) is 5.82 Å². The number of nitrogens with zero attached hydrogens (tertiary/aromatic N) is 1. The molecule has 1 heterocycles. The van der Waals surface area contributed by atoms with E-state index in [4.69, 9.17) is 0 Å². The number of carboxylic acid groups (broad SMARTS) is 1. The zero-order valence-corrected chi connectivity index (χ0v) is 12.1. The summed E-state index contributed by atoms with van der Waals surface area (Å²) >= 11 is 0. The van der Waals surface area contributed by atoms with Crippen LogP contribution >= 0.6 is 0 Å². The fourth-order valence-corrected chi connectivity index (χ4v) is 2.12. The molecule has 0 bridgehead atoms. The van der Waals surface area contributed by atoms with Crippen molar-refractivity contribution in [2.75, 3.05) is 5.32 Å². The lowest BCUT2D eigenvalue weighted by Gasteiger charge is -2.29. The molecule has 0 atom stereocenters. The summed E-state index contributed by atoms with van der Waals surface area (Å²) in [6.07, 6.45) is 1.88. The fourth-order valence-electron chi connectivity index (χ4n) is 2.12. The van der Waals surface area contributed by atoms with E-state index < -0.39 is 5.97 Å². The first-order valence-corrected chi connectivity index (χ1v) is 6.90. The summed E-state index contributed by atoms with van der Waals surface area (Å²) in [5, 5.41) is 14.4. The second kappa shape index (κ2) is 5.49. The Morgan fingerprint density at radius 1 is 1.30 bits per heavy atom. The molecule has 0 unspecified atom stereocenters. The molecule has 0 aliphatic carbocycles. The summed E-state index contributed by atoms with van der Waals surface area (Å²) in [7, 11) is 0. The summed E-state index contributed by atoms with van der Waals surface area (Å²) in [6, 6.07) is 9.31. The molecule has 20 heavy (non-hydrogen) atoms. The van der Waals surface area contributed by atoms with E-state index >= 15 is 0 Å². The van der Waals surface area contributed by atoms with Crippen LogP contribution in [0.5, 0.6) is 0 Å². The Hall–Kier alpha value is -2.10. The molecule has 1 aromatic heterocycles. The molecule has 0 radical (unpaired) electrons. The van der Waals surface area contributed by atoms with Crippen LogP contribution in [0.15, 0.2) is 30.3 Å². The third-order valence-corrected chi connectivity index (χ3v) is 3.94. The molecule has 0 saturated heterocycles. The highest BCUT2D eigenvalue weighted by atomic mass is 16.4. The third kappa shape index (κ3) is 2.74. The predicted octanol–water partition coefficient (Wildman–Crippen LogP) is 3.92. The van der Waals surface area contributed by atoms with Gasteiger partial charge < -0.3 is 10.4 Å². The largest absolute Gasteiger partial charge is 0.477 e. The van der Waals surface area contributed by atoms with Crippen LogP contribution in [0.3, 0.4) is 0 Å². The fraction of sp³-hybridized carbons (Fsp3) is 0.375. The molecule has 2 aromatic rings. The van der Waals surface area contributed by atoms with Crippen molar-refractivity contribution >= 4 is 22.6 Å². The highest BCUT2D eigenvalue weighted by Crippen LogP contribution is 2.27. The number of aromatic carboxylic acids is 1. The zero-order chi connectivity index (χ0) is 14.8. The number of pyridine rings is 1. The van der Waals surface area contributed by atoms with Crippen molar-refractivity contribution in [3.05, 3.63) is 36.0 Å². The van der Waals surface area contributed by atoms with Gasteiger partial charge in [-0.1, -0.05) is 38.1 Å². The summed E-state index contributed by atoms with van der Waals surface area (Å²) < 4.78 is 0. The maximum atomic E-state index is 11.2. The molecule has 2 rings (SSSR count). The first-order chi connectivity index (χ1) is 9.49. The predicted molar refractivity (Wildman–Crippen MR) is 81.3 cm³/mol. The molecule has 1 aromatic carbocycles. The molecule has 0 fully saturated rings. The first-order valence-electron chi connectivity index (χ1n) is 6.90. The normalized spacial score (nSPS) is 11.6. The Morgan fingerprint density at radius 3 is 2.55 bits per heavy atom. The van der Waals surface area contributed by atoms with Crippen LogP contribution in [-0.2, 0) is 0 Å². The highest BCUT2D eigenvalue weighted by Gasteiger charge is 2.21. The van der Waals surface area contributed by atoms with E-state index in [2.05, 4.69) is 31.1 Å². The molecule has 0 spiro atoms. The van der Waals surface area contributed by atoms with Crippen molar-refractivity contribution in [3.8, 4) is 0 Å². The SMILES string of the molecule is CCC(C)(CC)Nc1nc(C(=O)O)cc2ccccc12. The lowest BCUT2D eigenvalue weighted by molar-refractivity contribution is 0.0691. The van der Waals surface area contributed by atoms with Gasteiger partial charge in [-0.05, 0) is 31.2 Å². The van der Waals surface area contributed by atoms with Crippen molar-refractivity contribution < 1.29 is 9.90 Å². The molecule has 0 saturated carbocycles. The van der Waals surface area contributed by atoms with Gasteiger partial charge in [0.05, 0.1) is 0 Å². The minimum Gasteiger partial charge on any atom is -0.477 e. The number of carbonyl (C=O) groups is 1. The van der Waals surface area contributed by atoms with Crippen molar-refractivity contribution in [2.45, 2.75) is 39.2 Å². The Bertz CT molecular complexity index is 633. The molecule has 2 N–H and O–H groups in total. The molecule has 4 nitrogen and oxygen atoms in total. The van der Waals surface area contributed by atoms with Crippen LogP contribution in [0, 0.1) is 0 Å². The summed E-state index contributed by atoms with van der Waals surface area (Å²) in [4.78, 5) is 15.5. The molecule has 4 heteroatoms. The van der Waals surface area contributed by atoms with Crippen molar-refractivity contribution in [2.24, 2.45) is 0 Å². The van der Waals surface area contributed by atoms with E-state index in [0.29, 0.717) is 5.82 Å². The van der Waals surface area contributed by atoms with Gasteiger partial charge in [0.15, 0.2) is 5.69 Å². The van der Waals surface area contributed by atoms with Crippen molar-refractivity contribution in [1.29, 1.82) is 0 Å². The minimum atomic E-state index is -1.01. The van der Waals surface area contributed by atoms with Gasteiger partial charge in [0.2, 0.25) is 0 Å². The first kappa shape index (κ1) is 14.3. The van der Waals surface area contributed by atoms with E-state index in [-0.39, 0.29) is 11.2 Å². The van der Waals surface area contributed by atoms with Crippen LogP contribution in [0.25, 0.3) is 10.8 Å². The van der Waals surface area contributed by atoms with Crippen LogP contribution in [-0.4, -0.2) is 21.6 Å². The second-order valence-electron chi connectivity index (χ2n) is 5.28. The molecule has 106 valence electrons. The van der Waals surface area contributed by atoms with E-state index in [1.165, 1.54) is 0 Å². The van der Waals surface area contributed by atoms with Gasteiger partial charge in [-0.25, -0.2) is 9.78 Å². The van der Waals surface area contributed by atoms with Gasteiger partial charge in [-0.3, -0.25) is 0 Å². The summed E-state index contributed by atoms with van der Waals surface area (Å²) in [5.74, 6) is -0.361. The number of aromatic nitrogens is 1. The Labute approximate surface area is 118 Å². The number of fused-ring (bicyclic) bond motifs is 1. The van der Waals surface area contributed by atoms with Gasteiger partial charge in [0.1, 0.15) is 5.82 Å². The third-order valence-electron chi connectivity index (χ3n) is 3.94. The van der Waals surface area contributed by atoms with Crippen molar-refractivity contribution in [3.63, 3.8) is 0 Å². The highest BCUT2D eigenvalue weighted by molar-refractivity contribution is 5.97. The smallest absolute Gasteiger partial charge is 0.354 e. The van der Waals surface area contributed by atoms with E-state index in [1.54, 1.807) is 6.07 Å². The monoisotopic (exact) mass is 272 g/mol. The molecule has 0 aliphatic rings. The van der Waals surface area contributed by atoms with Gasteiger partial charge in [-0.2, -0.15) is 0 Å². The van der Waals surface area contributed by atoms with Gasteiger partial charge in [-0.15, -0.1) is 0 Å². The number of anilines is 1. The number of carboxylic acids is 1. The molecular formula is C16H20N2O2. The lowest BCUT2D eigenvalue weighted by atomic mass is 9.95. The number of benzene rings is 1. The quantitative estimate of drug-likeness (QED) is 0.865. The minimum absolute atomic E-state index is 0.0701. The average Bonchev–Trinajstić information content (AvgIpc) is 2.46. The van der Waals surface area contributed by atoms with Crippen molar-refractivity contribution in [1.82, 2.24) is 4.98 Å². The maximum Gasteiger partial charge on any atom is 0.354 e. The Morgan fingerprint density at radius 2 is 1.95 bits per heavy atom. The molecular weight excluding hydrogens is 252 g/mol. The van der Waals surface area contributed by atoms with Gasteiger partial charge in [0.25, 0.3) is 0 Å². The molecule has 0 aliphatic heterocycles. The van der Waals surface area contributed by atoms with Crippen LogP contribution < -0.4 is 5.32 Å². The second-order valence-corrected chi connectivity index (χ2v) is 5.28. The maximum absolute atomic E-state index is 11.2. The summed E-state index contributed by atoms with van der Waals surface area (Å²) in [6.45, 7) is 6.34. The topological polar surface area (TPSA) is 62.2 Å². The van der Waals surface area contributed by atoms with Gasteiger partial charge in [0, 0.05) is 10.9 Å². The number of hydrogen-bond donors (Lipinski definition) is 2. The number of nitrogens with one attached hydrogen (secondary N) is 1. The Balaban J connectivity index is 2.58. The van der Waals surface area contributed by atoms with Crippen LogP contribution in [0.1, 0.15) is 44.1 Å². The zero-order valence-electron chi connectivity index (χ0n) is 12.1. The standard InChI is InChI=1S/C16H20N2O2/c1-4-16(3,5-2)18-14-12-9-7-6-8-11(12)10-13(17-14)15(19)20/h6-10H,4-5H2,1-3H3,(H,17,18)(H,19,20). The van der Waals surface area contributed by atoms with E-state index in [1.807, 2.05) is 24.3 Å². The Kier molecular flexibility index (Phi) is 3.93. The van der Waals surface area contributed by atoms with Crippen LogP contribution in [0.2, 0.25) is 0 Å². The molecule has 0 amide bonds. The number of rotatable bonds is 5. The summed E-state index contributed by atoms with van der Waals surface area (Å²) in [5.41, 5.74) is -0.0202. The number of hydrogen-bond acceptors (Lipinski definition) is 3.